The summed E-state index contributed by atoms with van der Waals surface area (Å²) in [6, 6.07) is 0.876. The second-order valence-electron chi connectivity index (χ2n) is 7.94. The molecule has 0 aromatic rings. The normalized spacial score (nSPS) is 30.6. The van der Waals surface area contributed by atoms with Crippen molar-refractivity contribution in [2.75, 3.05) is 45.9 Å². The Hall–Kier alpha value is -0.810. The maximum atomic E-state index is 12.3. The lowest BCUT2D eigenvalue weighted by Gasteiger charge is -2.33. The van der Waals surface area contributed by atoms with E-state index in [1.165, 1.54) is 32.4 Å². The van der Waals surface area contributed by atoms with Crippen LogP contribution in [0.4, 0.5) is 4.79 Å². The molecule has 3 atom stereocenters. The molecule has 3 fully saturated rings. The molecule has 3 heterocycles. The van der Waals surface area contributed by atoms with E-state index in [-0.39, 0.29) is 6.03 Å². The minimum absolute atomic E-state index is 0.130. The highest BCUT2D eigenvalue weighted by Crippen LogP contribution is 2.40. The minimum atomic E-state index is 0.130. The largest absolute Gasteiger partial charge is 0.381 e. The first-order valence-electron chi connectivity index (χ1n) is 9.49. The van der Waals surface area contributed by atoms with E-state index in [0.29, 0.717) is 11.8 Å². The lowest BCUT2D eigenvalue weighted by Crippen LogP contribution is -2.44. The van der Waals surface area contributed by atoms with E-state index in [1.54, 1.807) is 0 Å². The van der Waals surface area contributed by atoms with Crippen molar-refractivity contribution in [3.63, 3.8) is 0 Å². The molecule has 0 radical (unpaired) electrons. The van der Waals surface area contributed by atoms with Gasteiger partial charge in [-0.3, -0.25) is 4.90 Å². The number of piperidine rings is 1. The number of carbonyl (C=O) groups is 1. The van der Waals surface area contributed by atoms with Gasteiger partial charge in [-0.2, -0.15) is 0 Å². The van der Waals surface area contributed by atoms with Crippen molar-refractivity contribution < 1.29 is 9.53 Å². The molecular weight excluding hydrogens is 290 g/mol. The van der Waals surface area contributed by atoms with E-state index in [2.05, 4.69) is 29.0 Å². The number of fused-ring (bicyclic) bond motifs is 3. The first kappa shape index (κ1) is 17.0. The van der Waals surface area contributed by atoms with Crippen LogP contribution in [0.15, 0.2) is 0 Å². The first-order chi connectivity index (χ1) is 11.1. The second kappa shape index (κ2) is 7.84. The number of rotatable bonds is 6. The Balaban J connectivity index is 1.34. The molecule has 3 aliphatic rings. The molecule has 0 aromatic carbocycles. The second-order valence-corrected chi connectivity index (χ2v) is 7.94. The molecule has 3 saturated heterocycles. The molecular formula is C18H33N3O2. The number of amides is 2. The zero-order chi connectivity index (χ0) is 16.2. The molecule has 0 aromatic heterocycles. The Morgan fingerprint density at radius 1 is 1.26 bits per heavy atom. The van der Waals surface area contributed by atoms with Crippen LogP contribution in [0.1, 0.15) is 39.5 Å². The van der Waals surface area contributed by atoms with Gasteiger partial charge in [0.15, 0.2) is 0 Å². The van der Waals surface area contributed by atoms with E-state index in [0.717, 1.165) is 51.2 Å². The highest BCUT2D eigenvalue weighted by molar-refractivity contribution is 5.74. The SMILES string of the molecule is CC(C)COCCCNC(=O)N1C[C@@H]2CN3CCCC[C@@H]3[C@@H]2C1. The molecule has 2 amide bonds. The van der Waals surface area contributed by atoms with Crippen LogP contribution in [0.25, 0.3) is 0 Å². The fourth-order valence-electron chi connectivity index (χ4n) is 4.52. The van der Waals surface area contributed by atoms with Crippen LogP contribution in [0.5, 0.6) is 0 Å². The predicted octanol–water partition coefficient (Wildman–Crippen LogP) is 2.17. The summed E-state index contributed by atoms with van der Waals surface area (Å²) in [4.78, 5) is 17.1. The van der Waals surface area contributed by atoms with Gasteiger partial charge in [0.25, 0.3) is 0 Å². The van der Waals surface area contributed by atoms with Crippen LogP contribution in [0.2, 0.25) is 0 Å². The number of hydrogen-bond donors (Lipinski definition) is 1. The van der Waals surface area contributed by atoms with Gasteiger partial charge in [0.1, 0.15) is 0 Å². The maximum absolute atomic E-state index is 12.3. The Morgan fingerprint density at radius 2 is 2.13 bits per heavy atom. The summed E-state index contributed by atoms with van der Waals surface area (Å²) in [5, 5.41) is 3.07. The molecule has 3 aliphatic heterocycles. The number of urea groups is 1. The average molecular weight is 323 g/mol. The summed E-state index contributed by atoms with van der Waals surface area (Å²) in [5.41, 5.74) is 0. The number of nitrogens with one attached hydrogen (secondary N) is 1. The zero-order valence-electron chi connectivity index (χ0n) is 14.8. The highest BCUT2D eigenvalue weighted by atomic mass is 16.5. The average Bonchev–Trinajstić information content (AvgIpc) is 3.08. The Kier molecular flexibility index (Phi) is 5.81. The van der Waals surface area contributed by atoms with Crippen molar-refractivity contribution in [2.24, 2.45) is 17.8 Å². The molecule has 0 bridgehead atoms. The number of hydrogen-bond acceptors (Lipinski definition) is 3. The van der Waals surface area contributed by atoms with Crippen molar-refractivity contribution in [1.29, 1.82) is 0 Å². The van der Waals surface area contributed by atoms with E-state index in [4.69, 9.17) is 4.74 Å². The summed E-state index contributed by atoms with van der Waals surface area (Å²) < 4.78 is 5.55. The topological polar surface area (TPSA) is 44.8 Å². The molecule has 5 heteroatoms. The Bertz CT molecular complexity index is 402. The first-order valence-corrected chi connectivity index (χ1v) is 9.49. The van der Waals surface area contributed by atoms with Crippen LogP contribution in [-0.2, 0) is 4.74 Å². The van der Waals surface area contributed by atoms with Crippen LogP contribution >= 0.6 is 0 Å². The summed E-state index contributed by atoms with van der Waals surface area (Å²) in [5.74, 6) is 2.00. The van der Waals surface area contributed by atoms with Crippen LogP contribution in [-0.4, -0.2) is 67.8 Å². The molecule has 1 N–H and O–H groups in total. The van der Waals surface area contributed by atoms with Crippen LogP contribution < -0.4 is 5.32 Å². The molecule has 23 heavy (non-hydrogen) atoms. The van der Waals surface area contributed by atoms with Gasteiger partial charge in [0, 0.05) is 45.4 Å². The van der Waals surface area contributed by atoms with E-state index < -0.39 is 0 Å². The van der Waals surface area contributed by atoms with E-state index in [9.17, 15) is 4.79 Å². The maximum Gasteiger partial charge on any atom is 0.317 e. The molecule has 5 nitrogen and oxygen atoms in total. The Morgan fingerprint density at radius 3 is 2.96 bits per heavy atom. The lowest BCUT2D eigenvalue weighted by atomic mass is 9.90. The third-order valence-electron chi connectivity index (χ3n) is 5.60. The standard InChI is InChI=1S/C18H33N3O2/c1-14(2)13-23-9-5-7-19-18(22)21-11-15-10-20-8-4-3-6-17(20)16(15)12-21/h14-17H,3-13H2,1-2H3,(H,19,22)/t15-,16+,17+/m0/s1. The molecule has 0 spiro atoms. The highest BCUT2D eigenvalue weighted by Gasteiger charge is 2.48. The van der Waals surface area contributed by atoms with Gasteiger partial charge in [0.05, 0.1) is 0 Å². The van der Waals surface area contributed by atoms with Gasteiger partial charge in [-0.1, -0.05) is 20.3 Å². The zero-order valence-corrected chi connectivity index (χ0v) is 14.8. The summed E-state index contributed by atoms with van der Waals surface area (Å²) >= 11 is 0. The van der Waals surface area contributed by atoms with E-state index >= 15 is 0 Å². The van der Waals surface area contributed by atoms with Gasteiger partial charge >= 0.3 is 6.03 Å². The monoisotopic (exact) mass is 323 g/mol. The summed E-state index contributed by atoms with van der Waals surface area (Å²) in [6.07, 6.45) is 4.96. The van der Waals surface area contributed by atoms with Gasteiger partial charge in [0.2, 0.25) is 0 Å². The minimum Gasteiger partial charge on any atom is -0.381 e. The fourth-order valence-corrected chi connectivity index (χ4v) is 4.52. The fraction of sp³-hybridized carbons (Fsp3) is 0.944. The number of ether oxygens (including phenoxy) is 1. The quantitative estimate of drug-likeness (QED) is 0.762. The molecule has 0 unspecified atom stereocenters. The molecule has 0 aliphatic carbocycles. The van der Waals surface area contributed by atoms with Crippen LogP contribution in [0.3, 0.4) is 0 Å². The predicted molar refractivity (Wildman–Crippen MR) is 91.4 cm³/mol. The molecule has 0 saturated carbocycles. The lowest BCUT2D eigenvalue weighted by molar-refractivity contribution is 0.107. The van der Waals surface area contributed by atoms with Crippen molar-refractivity contribution >= 4 is 6.03 Å². The van der Waals surface area contributed by atoms with Gasteiger partial charge in [-0.05, 0) is 43.6 Å². The number of nitrogens with zero attached hydrogens (tertiary/aromatic N) is 2. The third-order valence-corrected chi connectivity index (χ3v) is 5.60. The van der Waals surface area contributed by atoms with Crippen molar-refractivity contribution in [3.05, 3.63) is 0 Å². The van der Waals surface area contributed by atoms with Crippen molar-refractivity contribution in [1.82, 2.24) is 15.1 Å². The van der Waals surface area contributed by atoms with Gasteiger partial charge in [-0.25, -0.2) is 4.79 Å². The molecule has 3 rings (SSSR count). The van der Waals surface area contributed by atoms with Crippen molar-refractivity contribution in [2.45, 2.75) is 45.6 Å². The molecule has 132 valence electrons. The van der Waals surface area contributed by atoms with Gasteiger partial charge in [-0.15, -0.1) is 0 Å². The number of carbonyl (C=O) groups excluding carboxylic acids is 1. The smallest absolute Gasteiger partial charge is 0.317 e. The van der Waals surface area contributed by atoms with Gasteiger partial charge < -0.3 is 15.0 Å². The van der Waals surface area contributed by atoms with E-state index in [1.807, 2.05) is 0 Å². The summed E-state index contributed by atoms with van der Waals surface area (Å²) in [7, 11) is 0. The third kappa shape index (κ3) is 4.18. The Labute approximate surface area is 140 Å². The number of likely N-dealkylation sites (tertiary alicyclic amines) is 1. The van der Waals surface area contributed by atoms with Crippen LogP contribution in [0, 0.1) is 17.8 Å². The summed E-state index contributed by atoms with van der Waals surface area (Å²) in [6.45, 7) is 11.0. The van der Waals surface area contributed by atoms with Crippen molar-refractivity contribution in [3.8, 4) is 0 Å².